The number of carbonyl (C=O) groups excluding carboxylic acids is 1. The first-order valence-corrected chi connectivity index (χ1v) is 8.60. The molecule has 0 saturated carbocycles. The number of allylic oxidation sites excluding steroid dienone is 3. The maximum absolute atomic E-state index is 11.9. The quantitative estimate of drug-likeness (QED) is 0.320. The SMILES string of the molecule is C/C=C(\C=C/CC)OP(=O)(Cl)NCC(=O)OC(C)C. The van der Waals surface area contributed by atoms with Gasteiger partial charge in [-0.05, 0) is 39.3 Å². The summed E-state index contributed by atoms with van der Waals surface area (Å²) in [5, 5.41) is 2.35. The first kappa shape index (κ1) is 18.2. The van der Waals surface area contributed by atoms with Crippen LogP contribution in [0.4, 0.5) is 0 Å². The van der Waals surface area contributed by atoms with Gasteiger partial charge in [-0.25, -0.2) is 9.65 Å². The van der Waals surface area contributed by atoms with Crippen molar-refractivity contribution in [2.45, 2.75) is 40.2 Å². The Hall–Kier alpha value is -0.770. The normalized spacial score (nSPS) is 15.6. The summed E-state index contributed by atoms with van der Waals surface area (Å²) in [6.45, 7) is 3.28. The Morgan fingerprint density at radius 2 is 2.11 bits per heavy atom. The second-order valence-corrected chi connectivity index (χ2v) is 6.74. The topological polar surface area (TPSA) is 64.6 Å². The van der Waals surface area contributed by atoms with E-state index in [1.807, 2.05) is 13.0 Å². The molecular weight excluding hydrogens is 289 g/mol. The van der Waals surface area contributed by atoms with E-state index in [1.54, 1.807) is 32.9 Å². The van der Waals surface area contributed by atoms with Crippen LogP contribution in [0.5, 0.6) is 0 Å². The average molecular weight is 310 g/mol. The van der Waals surface area contributed by atoms with Gasteiger partial charge in [0.2, 0.25) is 0 Å². The Bertz CT molecular complexity index is 393. The summed E-state index contributed by atoms with van der Waals surface area (Å²) in [6, 6.07) is 0. The molecule has 1 unspecified atom stereocenters. The minimum atomic E-state index is -3.60. The molecule has 0 spiro atoms. The lowest BCUT2D eigenvalue weighted by Crippen LogP contribution is -2.24. The van der Waals surface area contributed by atoms with Crippen molar-refractivity contribution < 1.29 is 18.6 Å². The van der Waals surface area contributed by atoms with Crippen LogP contribution in [0.3, 0.4) is 0 Å². The minimum Gasteiger partial charge on any atom is -0.462 e. The van der Waals surface area contributed by atoms with Crippen molar-refractivity contribution in [2.75, 3.05) is 6.54 Å². The Morgan fingerprint density at radius 3 is 2.58 bits per heavy atom. The predicted octanol–water partition coefficient (Wildman–Crippen LogP) is 3.76. The van der Waals surface area contributed by atoms with E-state index < -0.39 is 12.8 Å². The zero-order valence-electron chi connectivity index (χ0n) is 11.7. The Kier molecular flexibility index (Phi) is 8.81. The number of hydrogen-bond acceptors (Lipinski definition) is 4. The molecule has 110 valence electrons. The van der Waals surface area contributed by atoms with E-state index in [0.717, 1.165) is 6.42 Å². The Morgan fingerprint density at radius 1 is 1.47 bits per heavy atom. The molecule has 0 amide bonds. The molecule has 0 fully saturated rings. The highest BCUT2D eigenvalue weighted by atomic mass is 35.7. The van der Waals surface area contributed by atoms with Gasteiger partial charge in [0.1, 0.15) is 12.3 Å². The van der Waals surface area contributed by atoms with Crippen molar-refractivity contribution in [3.8, 4) is 0 Å². The molecule has 0 aliphatic carbocycles. The van der Waals surface area contributed by atoms with Gasteiger partial charge in [0, 0.05) is 11.2 Å². The fraction of sp³-hybridized carbons (Fsp3) is 0.583. The van der Waals surface area contributed by atoms with E-state index in [4.69, 9.17) is 20.5 Å². The third kappa shape index (κ3) is 9.77. The summed E-state index contributed by atoms with van der Waals surface area (Å²) < 4.78 is 21.9. The van der Waals surface area contributed by atoms with Gasteiger partial charge in [0.05, 0.1) is 6.10 Å². The fourth-order valence-electron chi connectivity index (χ4n) is 1.04. The molecule has 0 bridgehead atoms. The maximum Gasteiger partial charge on any atom is 0.409 e. The molecule has 0 radical (unpaired) electrons. The summed E-state index contributed by atoms with van der Waals surface area (Å²) in [7, 11) is 0. The van der Waals surface area contributed by atoms with Crippen molar-refractivity contribution in [2.24, 2.45) is 0 Å². The van der Waals surface area contributed by atoms with Gasteiger partial charge in [0.15, 0.2) is 0 Å². The third-order valence-corrected chi connectivity index (χ3v) is 3.35. The lowest BCUT2D eigenvalue weighted by molar-refractivity contribution is -0.145. The van der Waals surface area contributed by atoms with Gasteiger partial charge in [-0.15, -0.1) is 0 Å². The van der Waals surface area contributed by atoms with Crippen LogP contribution in [-0.4, -0.2) is 18.6 Å². The summed E-state index contributed by atoms with van der Waals surface area (Å²) in [5.41, 5.74) is 0. The van der Waals surface area contributed by atoms with Crippen LogP contribution in [0.15, 0.2) is 24.0 Å². The molecule has 1 atom stereocenters. The number of carbonyl (C=O) groups is 1. The molecule has 0 aromatic rings. The monoisotopic (exact) mass is 309 g/mol. The molecule has 0 aliphatic rings. The summed E-state index contributed by atoms with van der Waals surface area (Å²) in [6.07, 6.45) is 5.74. The van der Waals surface area contributed by atoms with E-state index in [1.165, 1.54) is 0 Å². The first-order chi connectivity index (χ1) is 8.80. The molecular formula is C12H21ClNO4P. The Balaban J connectivity index is 4.35. The van der Waals surface area contributed by atoms with Crippen LogP contribution >= 0.6 is 18.1 Å². The number of nitrogens with one attached hydrogen (secondary N) is 1. The largest absolute Gasteiger partial charge is 0.462 e. The standard InChI is InChI=1S/C12H21ClNO4P/c1-5-7-8-11(6-2)18-19(13,16)14-9-12(15)17-10(3)4/h6-8,10H,5,9H2,1-4H3,(H,14,16)/b8-7-,11-6+. The lowest BCUT2D eigenvalue weighted by atomic mass is 10.3. The average Bonchev–Trinajstić information content (AvgIpc) is 2.31. The van der Waals surface area contributed by atoms with Crippen molar-refractivity contribution in [3.05, 3.63) is 24.0 Å². The highest BCUT2D eigenvalue weighted by Gasteiger charge is 2.22. The van der Waals surface area contributed by atoms with Crippen molar-refractivity contribution in [1.82, 2.24) is 5.09 Å². The number of ether oxygens (including phenoxy) is 1. The van der Waals surface area contributed by atoms with E-state index in [9.17, 15) is 9.36 Å². The van der Waals surface area contributed by atoms with Gasteiger partial charge in [-0.1, -0.05) is 13.0 Å². The van der Waals surface area contributed by atoms with E-state index >= 15 is 0 Å². The molecule has 7 heteroatoms. The van der Waals surface area contributed by atoms with Crippen LogP contribution in [-0.2, 0) is 18.6 Å². The van der Waals surface area contributed by atoms with Crippen molar-refractivity contribution in [1.29, 1.82) is 0 Å². The van der Waals surface area contributed by atoms with E-state index in [0.29, 0.717) is 5.76 Å². The number of rotatable bonds is 8. The summed E-state index contributed by atoms with van der Waals surface area (Å²) >= 11 is 5.71. The van der Waals surface area contributed by atoms with Crippen molar-refractivity contribution >= 4 is 24.1 Å². The molecule has 0 aromatic carbocycles. The van der Waals surface area contributed by atoms with Crippen LogP contribution in [0, 0.1) is 0 Å². The molecule has 0 aromatic heterocycles. The van der Waals surface area contributed by atoms with Gasteiger partial charge in [-0.2, -0.15) is 0 Å². The molecule has 0 heterocycles. The van der Waals surface area contributed by atoms with Crippen molar-refractivity contribution in [3.63, 3.8) is 0 Å². The highest BCUT2D eigenvalue weighted by Crippen LogP contribution is 2.49. The minimum absolute atomic E-state index is 0.233. The van der Waals surface area contributed by atoms with E-state index in [2.05, 4.69) is 5.09 Å². The maximum atomic E-state index is 11.9. The predicted molar refractivity (Wildman–Crippen MR) is 77.0 cm³/mol. The third-order valence-electron chi connectivity index (χ3n) is 1.80. The number of hydrogen-bond donors (Lipinski definition) is 1. The molecule has 0 aliphatic heterocycles. The molecule has 1 N–H and O–H groups in total. The van der Waals surface area contributed by atoms with Gasteiger partial charge in [-0.3, -0.25) is 4.79 Å². The number of esters is 1. The molecule has 5 nitrogen and oxygen atoms in total. The van der Waals surface area contributed by atoms with E-state index in [-0.39, 0.29) is 12.6 Å². The highest BCUT2D eigenvalue weighted by molar-refractivity contribution is 7.83. The zero-order chi connectivity index (χ0) is 14.9. The molecule has 0 saturated heterocycles. The second-order valence-electron chi connectivity index (χ2n) is 3.95. The summed E-state index contributed by atoms with van der Waals surface area (Å²) in [4.78, 5) is 11.3. The van der Waals surface area contributed by atoms with Crippen LogP contribution in [0.25, 0.3) is 0 Å². The summed E-state index contributed by atoms with van der Waals surface area (Å²) in [5.74, 6) is -0.157. The van der Waals surface area contributed by atoms with Gasteiger partial charge >= 0.3 is 12.8 Å². The fourth-order valence-corrected chi connectivity index (χ4v) is 2.28. The van der Waals surface area contributed by atoms with Crippen LogP contribution in [0.2, 0.25) is 0 Å². The second kappa shape index (κ2) is 9.18. The molecule has 0 rings (SSSR count). The van der Waals surface area contributed by atoms with Gasteiger partial charge < -0.3 is 9.26 Å². The first-order valence-electron chi connectivity index (χ1n) is 6.07. The number of halogens is 1. The Labute approximate surface area is 119 Å². The van der Waals surface area contributed by atoms with Crippen LogP contribution in [0.1, 0.15) is 34.1 Å². The lowest BCUT2D eigenvalue weighted by Gasteiger charge is -2.15. The van der Waals surface area contributed by atoms with Gasteiger partial charge in [0.25, 0.3) is 0 Å². The zero-order valence-corrected chi connectivity index (χ0v) is 13.3. The van der Waals surface area contributed by atoms with Crippen LogP contribution < -0.4 is 5.09 Å². The smallest absolute Gasteiger partial charge is 0.409 e. The molecule has 19 heavy (non-hydrogen) atoms.